The quantitative estimate of drug-likeness (QED) is 0.899. The van der Waals surface area contributed by atoms with E-state index in [0.29, 0.717) is 6.61 Å². The third-order valence-corrected chi connectivity index (χ3v) is 1.10. The fourth-order valence-corrected chi connectivity index (χ4v) is 0.680. The Hall–Kier alpha value is 0.0439. The van der Waals surface area contributed by atoms with Gasteiger partial charge in [-0.05, 0) is 12.1 Å². The van der Waals surface area contributed by atoms with Crippen LogP contribution in [-0.2, 0) is 32.7 Å². The molecular weight excluding hydrogens is 281 g/mol. The van der Waals surface area contributed by atoms with Crippen molar-refractivity contribution in [2.24, 2.45) is 0 Å². The Labute approximate surface area is 124 Å². The van der Waals surface area contributed by atoms with E-state index in [9.17, 15) is 0 Å². The minimum absolute atomic E-state index is 0. The molecule has 1 aromatic rings. The fraction of sp³-hybridized carbons (Fsp3) is 0.500. The van der Waals surface area contributed by atoms with Crippen LogP contribution in [0.2, 0.25) is 0 Å². The maximum Gasteiger partial charge on any atom is 0.119 e. The van der Waals surface area contributed by atoms with Gasteiger partial charge in [0.25, 0.3) is 0 Å². The summed E-state index contributed by atoms with van der Waals surface area (Å²) in [4.78, 5) is 0. The van der Waals surface area contributed by atoms with Crippen molar-refractivity contribution in [3.63, 3.8) is 0 Å². The van der Waals surface area contributed by atoms with Gasteiger partial charge in [-0.15, -0.1) is 0 Å². The third kappa shape index (κ3) is 16.5. The van der Waals surface area contributed by atoms with E-state index in [1.165, 1.54) is 6.42 Å². The van der Waals surface area contributed by atoms with Gasteiger partial charge in [-0.3, -0.25) is 0 Å². The molecule has 0 aliphatic rings. The Balaban J connectivity index is -0.000000246. The number of hydrogen-bond donors (Lipinski definition) is 2. The average molecular weight is 303 g/mol. The molecule has 1 radical (unpaired) electrons. The maximum absolute atomic E-state index is 8.40. The van der Waals surface area contributed by atoms with E-state index in [4.69, 9.17) is 14.9 Å². The van der Waals surface area contributed by atoms with Crippen molar-refractivity contribution in [3.05, 3.63) is 30.3 Å². The molecular formula is C12H22O3Y. The number of aliphatic hydroxyl groups is 2. The van der Waals surface area contributed by atoms with Gasteiger partial charge in [-0.1, -0.05) is 38.5 Å². The zero-order valence-corrected chi connectivity index (χ0v) is 13.2. The Morgan fingerprint density at radius 3 is 1.88 bits per heavy atom. The number of rotatable bonds is 3. The van der Waals surface area contributed by atoms with E-state index in [1.807, 2.05) is 30.3 Å². The molecule has 0 spiro atoms. The van der Waals surface area contributed by atoms with Gasteiger partial charge in [0.1, 0.15) is 12.4 Å². The SMILES string of the molecule is CCC.CO.OCCOc1ccccc1.[Y]. The molecule has 0 unspecified atom stereocenters. The van der Waals surface area contributed by atoms with Crippen LogP contribution in [0.15, 0.2) is 30.3 Å². The minimum atomic E-state index is 0. The van der Waals surface area contributed by atoms with Crippen molar-refractivity contribution in [3.8, 4) is 5.75 Å². The Morgan fingerprint density at radius 2 is 1.50 bits per heavy atom. The van der Waals surface area contributed by atoms with Gasteiger partial charge >= 0.3 is 0 Å². The molecule has 0 aromatic heterocycles. The Bertz CT molecular complexity index is 193. The molecule has 4 heteroatoms. The third-order valence-electron chi connectivity index (χ3n) is 1.10. The average Bonchev–Trinajstić information content (AvgIpc) is 2.31. The zero-order chi connectivity index (χ0) is 11.9. The number of benzene rings is 1. The first kappa shape index (κ1) is 21.3. The van der Waals surface area contributed by atoms with E-state index in [0.717, 1.165) is 12.9 Å². The summed E-state index contributed by atoms with van der Waals surface area (Å²) >= 11 is 0. The maximum atomic E-state index is 8.40. The van der Waals surface area contributed by atoms with Crippen LogP contribution in [0.3, 0.4) is 0 Å². The second-order valence-electron chi connectivity index (χ2n) is 2.59. The molecule has 16 heavy (non-hydrogen) atoms. The summed E-state index contributed by atoms with van der Waals surface area (Å²) in [5.74, 6) is 0.802. The summed E-state index contributed by atoms with van der Waals surface area (Å²) < 4.78 is 5.11. The van der Waals surface area contributed by atoms with Crippen molar-refractivity contribution in [1.29, 1.82) is 0 Å². The van der Waals surface area contributed by atoms with Crippen LogP contribution < -0.4 is 4.74 Å². The van der Waals surface area contributed by atoms with Crippen LogP contribution in [0, 0.1) is 0 Å². The summed E-state index contributed by atoms with van der Waals surface area (Å²) in [6.07, 6.45) is 1.25. The van der Waals surface area contributed by atoms with Crippen LogP contribution >= 0.6 is 0 Å². The van der Waals surface area contributed by atoms with Gasteiger partial charge in [0.2, 0.25) is 0 Å². The predicted molar refractivity (Wildman–Crippen MR) is 63.1 cm³/mol. The normalized spacial score (nSPS) is 7.31. The second kappa shape index (κ2) is 20.5. The molecule has 0 aliphatic carbocycles. The molecule has 0 fully saturated rings. The van der Waals surface area contributed by atoms with E-state index in [2.05, 4.69) is 13.8 Å². The van der Waals surface area contributed by atoms with Crippen LogP contribution in [-0.4, -0.2) is 30.5 Å². The largest absolute Gasteiger partial charge is 0.491 e. The summed E-state index contributed by atoms with van der Waals surface area (Å²) in [7, 11) is 1.00. The van der Waals surface area contributed by atoms with Crippen LogP contribution in [0.5, 0.6) is 5.75 Å². The molecule has 0 saturated carbocycles. The topological polar surface area (TPSA) is 49.7 Å². The van der Waals surface area contributed by atoms with Crippen molar-refractivity contribution in [2.45, 2.75) is 20.3 Å². The predicted octanol–water partition coefficient (Wildman–Crippen LogP) is 2.08. The fourth-order valence-electron chi connectivity index (χ4n) is 0.680. The Kier molecular flexibility index (Phi) is 27.3. The van der Waals surface area contributed by atoms with Gasteiger partial charge in [0, 0.05) is 39.8 Å². The minimum Gasteiger partial charge on any atom is -0.491 e. The first-order valence-corrected chi connectivity index (χ1v) is 5.08. The van der Waals surface area contributed by atoms with E-state index < -0.39 is 0 Å². The molecule has 2 N–H and O–H groups in total. The first-order chi connectivity index (χ1) is 7.35. The standard InChI is InChI=1S/C8H10O2.C3H8.CH4O.Y/c9-6-7-10-8-4-2-1-3-5-8;1-3-2;1-2;/h1-5,9H,6-7H2;3H2,1-2H3;2H,1H3;. The van der Waals surface area contributed by atoms with Crippen LogP contribution in [0.25, 0.3) is 0 Å². The molecule has 0 aliphatic heterocycles. The molecule has 0 heterocycles. The molecule has 0 amide bonds. The van der Waals surface area contributed by atoms with Gasteiger partial charge < -0.3 is 14.9 Å². The van der Waals surface area contributed by atoms with Gasteiger partial charge in [-0.2, -0.15) is 0 Å². The van der Waals surface area contributed by atoms with Crippen molar-refractivity contribution in [2.75, 3.05) is 20.3 Å². The van der Waals surface area contributed by atoms with Gasteiger partial charge in [-0.25, -0.2) is 0 Å². The molecule has 1 rings (SSSR count). The number of hydrogen-bond acceptors (Lipinski definition) is 3. The zero-order valence-electron chi connectivity index (χ0n) is 10.4. The molecule has 91 valence electrons. The Morgan fingerprint density at radius 1 is 1.06 bits per heavy atom. The first-order valence-electron chi connectivity index (χ1n) is 5.08. The molecule has 0 atom stereocenters. The van der Waals surface area contributed by atoms with Gasteiger partial charge in [0.05, 0.1) is 6.61 Å². The molecule has 0 saturated heterocycles. The molecule has 1 aromatic carbocycles. The summed E-state index contributed by atoms with van der Waals surface area (Å²) in [5, 5.41) is 15.4. The van der Waals surface area contributed by atoms with Crippen molar-refractivity contribution < 1.29 is 47.7 Å². The van der Waals surface area contributed by atoms with E-state index in [-0.39, 0.29) is 39.3 Å². The van der Waals surface area contributed by atoms with Gasteiger partial charge in [0.15, 0.2) is 0 Å². The number of para-hydroxylation sites is 1. The summed E-state index contributed by atoms with van der Waals surface area (Å²) in [5.41, 5.74) is 0. The second-order valence-corrected chi connectivity index (χ2v) is 2.59. The van der Waals surface area contributed by atoms with Crippen molar-refractivity contribution >= 4 is 0 Å². The molecule has 0 bridgehead atoms. The summed E-state index contributed by atoms with van der Waals surface area (Å²) in [6.45, 7) is 4.68. The van der Waals surface area contributed by atoms with Crippen molar-refractivity contribution in [1.82, 2.24) is 0 Å². The summed E-state index contributed by atoms with van der Waals surface area (Å²) in [6, 6.07) is 9.43. The number of aliphatic hydroxyl groups excluding tert-OH is 2. The molecule has 3 nitrogen and oxygen atoms in total. The smallest absolute Gasteiger partial charge is 0.119 e. The number of ether oxygens (including phenoxy) is 1. The van der Waals surface area contributed by atoms with Crippen LogP contribution in [0.4, 0.5) is 0 Å². The van der Waals surface area contributed by atoms with E-state index in [1.54, 1.807) is 0 Å². The van der Waals surface area contributed by atoms with Crippen LogP contribution in [0.1, 0.15) is 20.3 Å². The van der Waals surface area contributed by atoms with E-state index >= 15 is 0 Å². The monoisotopic (exact) mass is 303 g/mol.